The largest absolute Gasteiger partial charge is 0.461 e. The molecule has 0 atom stereocenters. The van der Waals surface area contributed by atoms with Gasteiger partial charge >= 0.3 is 0 Å². The summed E-state index contributed by atoms with van der Waals surface area (Å²) in [7, 11) is 0. The zero-order valence-electron chi connectivity index (χ0n) is 12.0. The van der Waals surface area contributed by atoms with E-state index in [1.807, 2.05) is 13.8 Å². The average molecular weight is 269 g/mol. The average Bonchev–Trinajstić information content (AvgIpc) is 3.03. The van der Waals surface area contributed by atoms with Crippen molar-refractivity contribution < 1.29 is 8.83 Å². The number of aryl methyl sites for hydroxylation is 2. The van der Waals surface area contributed by atoms with Crippen LogP contribution in [0.4, 0.5) is 0 Å². The van der Waals surface area contributed by atoms with Crippen LogP contribution in [0.1, 0.15) is 42.8 Å². The third-order valence-electron chi connectivity index (χ3n) is 4.54. The minimum atomic E-state index is -0.279. The Hall–Kier alpha value is -1.74. The van der Waals surface area contributed by atoms with E-state index >= 15 is 0 Å². The van der Waals surface area contributed by atoms with Gasteiger partial charge in [-0.2, -0.15) is 0 Å². The first kappa shape index (κ1) is 12.0. The molecule has 1 saturated carbocycles. The maximum absolute atomic E-state index is 6.73. The van der Waals surface area contributed by atoms with Gasteiger partial charge in [-0.15, -0.1) is 0 Å². The van der Waals surface area contributed by atoms with Crippen LogP contribution in [0.25, 0.3) is 21.9 Å². The molecule has 2 N–H and O–H groups in total. The predicted octanol–water partition coefficient (Wildman–Crippen LogP) is 4.52. The Morgan fingerprint density at radius 3 is 2.45 bits per heavy atom. The van der Waals surface area contributed by atoms with Crippen LogP contribution in [-0.4, -0.2) is 0 Å². The van der Waals surface area contributed by atoms with Crippen molar-refractivity contribution in [3.8, 4) is 0 Å². The van der Waals surface area contributed by atoms with Crippen molar-refractivity contribution in [2.24, 2.45) is 5.73 Å². The van der Waals surface area contributed by atoms with E-state index in [2.05, 4.69) is 18.2 Å². The lowest BCUT2D eigenvalue weighted by Crippen LogP contribution is -2.33. The van der Waals surface area contributed by atoms with E-state index in [0.29, 0.717) is 0 Å². The van der Waals surface area contributed by atoms with Crippen molar-refractivity contribution in [3.05, 3.63) is 35.3 Å². The molecule has 0 amide bonds. The van der Waals surface area contributed by atoms with E-state index < -0.39 is 0 Å². The summed E-state index contributed by atoms with van der Waals surface area (Å²) in [4.78, 5) is 0. The highest BCUT2D eigenvalue weighted by Gasteiger charge is 2.36. The molecule has 0 bridgehead atoms. The van der Waals surface area contributed by atoms with Gasteiger partial charge in [0.15, 0.2) is 0 Å². The summed E-state index contributed by atoms with van der Waals surface area (Å²) in [6, 6.07) is 6.22. The van der Waals surface area contributed by atoms with Gasteiger partial charge in [-0.3, -0.25) is 0 Å². The molecular weight excluding hydrogens is 250 g/mol. The van der Waals surface area contributed by atoms with Crippen LogP contribution in [-0.2, 0) is 5.54 Å². The van der Waals surface area contributed by atoms with Gasteiger partial charge in [0.1, 0.15) is 22.7 Å². The maximum Gasteiger partial charge on any atom is 0.140 e. The van der Waals surface area contributed by atoms with Crippen molar-refractivity contribution >= 4 is 21.9 Å². The van der Waals surface area contributed by atoms with Crippen LogP contribution in [0, 0.1) is 13.8 Å². The van der Waals surface area contributed by atoms with Crippen molar-refractivity contribution in [3.63, 3.8) is 0 Å². The third-order valence-corrected chi connectivity index (χ3v) is 4.54. The molecule has 2 aromatic heterocycles. The minimum Gasteiger partial charge on any atom is -0.461 e. The van der Waals surface area contributed by atoms with Gasteiger partial charge in [-0.25, -0.2) is 0 Å². The Bertz CT molecular complexity index is 748. The zero-order valence-corrected chi connectivity index (χ0v) is 12.0. The quantitative estimate of drug-likeness (QED) is 0.706. The smallest absolute Gasteiger partial charge is 0.140 e. The number of hydrogen-bond acceptors (Lipinski definition) is 3. The molecular formula is C17H19NO2. The lowest BCUT2D eigenvalue weighted by molar-refractivity contribution is 0.457. The van der Waals surface area contributed by atoms with Crippen LogP contribution >= 0.6 is 0 Å². The highest BCUT2D eigenvalue weighted by Crippen LogP contribution is 2.44. The Balaban J connectivity index is 2.15. The molecule has 0 aliphatic heterocycles. The summed E-state index contributed by atoms with van der Waals surface area (Å²) < 4.78 is 11.8. The lowest BCUT2D eigenvalue weighted by atomic mass is 9.86. The second-order valence-electron chi connectivity index (χ2n) is 6.16. The van der Waals surface area contributed by atoms with E-state index in [-0.39, 0.29) is 5.54 Å². The number of hydrogen-bond donors (Lipinski definition) is 1. The Labute approximate surface area is 117 Å². The lowest BCUT2D eigenvalue weighted by Gasteiger charge is -2.25. The van der Waals surface area contributed by atoms with Gasteiger partial charge in [0.2, 0.25) is 0 Å². The van der Waals surface area contributed by atoms with Gasteiger partial charge in [-0.05, 0) is 44.9 Å². The summed E-state index contributed by atoms with van der Waals surface area (Å²) >= 11 is 0. The van der Waals surface area contributed by atoms with E-state index in [4.69, 9.17) is 14.6 Å². The normalized spacial score (nSPS) is 18.4. The van der Waals surface area contributed by atoms with Crippen LogP contribution in [0.3, 0.4) is 0 Å². The first-order valence-electron chi connectivity index (χ1n) is 7.29. The number of rotatable bonds is 1. The fourth-order valence-electron chi connectivity index (χ4n) is 3.69. The van der Waals surface area contributed by atoms with Gasteiger partial charge in [0.05, 0.1) is 0 Å². The molecule has 1 aliphatic carbocycles. The summed E-state index contributed by atoms with van der Waals surface area (Å²) in [5.74, 6) is 1.85. The van der Waals surface area contributed by atoms with Crippen molar-refractivity contribution in [2.45, 2.75) is 45.1 Å². The molecule has 0 saturated heterocycles. The van der Waals surface area contributed by atoms with Gasteiger partial charge in [-0.1, -0.05) is 12.8 Å². The van der Waals surface area contributed by atoms with Crippen LogP contribution in [0.15, 0.2) is 27.0 Å². The van der Waals surface area contributed by atoms with Crippen molar-refractivity contribution in [1.29, 1.82) is 0 Å². The predicted molar refractivity (Wildman–Crippen MR) is 79.8 cm³/mol. The fraction of sp³-hybridized carbons (Fsp3) is 0.412. The second kappa shape index (κ2) is 3.89. The SMILES string of the molecule is Cc1cc2c(C3(N)CCCC3)c3oc(C)cc3cc2o1. The second-order valence-corrected chi connectivity index (χ2v) is 6.16. The fourth-order valence-corrected chi connectivity index (χ4v) is 3.69. The molecule has 0 radical (unpaired) electrons. The van der Waals surface area contributed by atoms with E-state index in [1.54, 1.807) is 0 Å². The van der Waals surface area contributed by atoms with Crippen molar-refractivity contribution in [2.75, 3.05) is 0 Å². The topological polar surface area (TPSA) is 52.3 Å². The zero-order chi connectivity index (χ0) is 13.9. The highest BCUT2D eigenvalue weighted by molar-refractivity contribution is 5.99. The molecule has 3 aromatic rings. The van der Waals surface area contributed by atoms with Gasteiger partial charge in [0.25, 0.3) is 0 Å². The molecule has 3 nitrogen and oxygen atoms in total. The molecule has 3 heteroatoms. The molecule has 1 aromatic carbocycles. The molecule has 1 fully saturated rings. The van der Waals surface area contributed by atoms with E-state index in [1.165, 1.54) is 12.8 Å². The van der Waals surface area contributed by atoms with E-state index in [0.717, 1.165) is 51.9 Å². The third kappa shape index (κ3) is 1.56. The maximum atomic E-state index is 6.73. The molecule has 0 unspecified atom stereocenters. The monoisotopic (exact) mass is 269 g/mol. The molecule has 1 aliphatic rings. The summed E-state index contributed by atoms with van der Waals surface area (Å²) in [5.41, 5.74) is 9.46. The standard InChI is InChI=1S/C17H19NO2/c1-10-7-12-9-14-13(8-11(2)19-14)15(16(12)20-10)17(18)5-3-4-6-17/h7-9H,3-6,18H2,1-2H3. The van der Waals surface area contributed by atoms with Crippen molar-refractivity contribution in [1.82, 2.24) is 0 Å². The highest BCUT2D eigenvalue weighted by atomic mass is 16.3. The summed E-state index contributed by atoms with van der Waals surface area (Å²) in [6.07, 6.45) is 4.41. The van der Waals surface area contributed by atoms with Crippen LogP contribution in [0.2, 0.25) is 0 Å². The van der Waals surface area contributed by atoms with E-state index in [9.17, 15) is 0 Å². The molecule has 104 valence electrons. The number of benzene rings is 1. The molecule has 20 heavy (non-hydrogen) atoms. The first-order valence-corrected chi connectivity index (χ1v) is 7.29. The number of nitrogens with two attached hydrogens (primary N) is 1. The van der Waals surface area contributed by atoms with Gasteiger partial charge in [0, 0.05) is 21.9 Å². The van der Waals surface area contributed by atoms with Crippen LogP contribution in [0.5, 0.6) is 0 Å². The Morgan fingerprint density at radius 2 is 1.70 bits per heavy atom. The Kier molecular flexibility index (Phi) is 2.34. The first-order chi connectivity index (χ1) is 9.57. The molecule has 2 heterocycles. The minimum absolute atomic E-state index is 0.279. The number of fused-ring (bicyclic) bond motifs is 2. The Morgan fingerprint density at radius 1 is 1.00 bits per heavy atom. The van der Waals surface area contributed by atoms with Gasteiger partial charge < -0.3 is 14.6 Å². The molecule has 0 spiro atoms. The number of furan rings is 2. The summed E-state index contributed by atoms with van der Waals surface area (Å²) in [6.45, 7) is 3.96. The summed E-state index contributed by atoms with van der Waals surface area (Å²) in [5, 5.41) is 2.21. The van der Waals surface area contributed by atoms with Crippen LogP contribution < -0.4 is 5.73 Å². The molecule has 4 rings (SSSR count).